The monoisotopic (exact) mass is 147 g/mol. The Hall–Kier alpha value is -0.120. The Labute approximate surface area is 62.6 Å². The van der Waals surface area contributed by atoms with Gasteiger partial charge in [0.2, 0.25) is 0 Å². The van der Waals surface area contributed by atoms with Gasteiger partial charge in [0.15, 0.2) is 0 Å². The van der Waals surface area contributed by atoms with Crippen LogP contribution < -0.4 is 0 Å². The second kappa shape index (κ2) is 6.99. The van der Waals surface area contributed by atoms with Gasteiger partial charge in [-0.15, -0.1) is 0 Å². The van der Waals surface area contributed by atoms with Crippen LogP contribution in [0.4, 0.5) is 0 Å². The molecular formula is C7H17NO2. The van der Waals surface area contributed by atoms with Crippen LogP contribution in [0.3, 0.4) is 0 Å². The topological polar surface area (TPSA) is 32.7 Å². The number of ether oxygens (including phenoxy) is 1. The lowest BCUT2D eigenvalue weighted by molar-refractivity contribution is -0.143. The molecule has 0 saturated carbocycles. The predicted molar refractivity (Wildman–Crippen MR) is 40.1 cm³/mol. The minimum absolute atomic E-state index is 0.653. The summed E-state index contributed by atoms with van der Waals surface area (Å²) >= 11 is 0. The Morgan fingerprint density at radius 3 is 1.90 bits per heavy atom. The van der Waals surface area contributed by atoms with Gasteiger partial charge in [-0.2, -0.15) is 5.06 Å². The highest BCUT2D eigenvalue weighted by atomic mass is 16.5. The SMILES string of the molecule is CCC.ON1CCOCC1. The van der Waals surface area contributed by atoms with Gasteiger partial charge >= 0.3 is 0 Å². The van der Waals surface area contributed by atoms with Gasteiger partial charge in [-0.25, -0.2) is 0 Å². The summed E-state index contributed by atoms with van der Waals surface area (Å²) < 4.78 is 4.94. The molecule has 0 aromatic rings. The van der Waals surface area contributed by atoms with E-state index in [2.05, 4.69) is 13.8 Å². The standard InChI is InChI=1S/C4H9NO2.C3H8/c6-5-1-3-7-4-2-5;1-3-2/h6H,1-4H2;3H2,1-2H3. The summed E-state index contributed by atoms with van der Waals surface area (Å²) in [5.41, 5.74) is 0. The Morgan fingerprint density at radius 1 is 1.30 bits per heavy atom. The number of hydroxylamine groups is 2. The first-order valence-corrected chi connectivity index (χ1v) is 3.82. The molecule has 0 aromatic heterocycles. The summed E-state index contributed by atoms with van der Waals surface area (Å²) in [6.45, 7) is 6.88. The van der Waals surface area contributed by atoms with Gasteiger partial charge < -0.3 is 9.94 Å². The van der Waals surface area contributed by atoms with Crippen molar-refractivity contribution in [1.82, 2.24) is 5.06 Å². The number of hydrogen-bond donors (Lipinski definition) is 1. The fourth-order valence-corrected chi connectivity index (χ4v) is 0.554. The van der Waals surface area contributed by atoms with Crippen molar-refractivity contribution >= 4 is 0 Å². The van der Waals surface area contributed by atoms with Gasteiger partial charge in [0.05, 0.1) is 13.2 Å². The average molecular weight is 147 g/mol. The molecule has 0 bridgehead atoms. The first-order chi connectivity index (χ1) is 4.81. The lowest BCUT2D eigenvalue weighted by Gasteiger charge is -2.19. The van der Waals surface area contributed by atoms with Gasteiger partial charge in [-0.05, 0) is 0 Å². The Balaban J connectivity index is 0.000000236. The van der Waals surface area contributed by atoms with Crippen molar-refractivity contribution in [2.24, 2.45) is 0 Å². The van der Waals surface area contributed by atoms with Crippen molar-refractivity contribution in [2.45, 2.75) is 20.3 Å². The molecule has 1 fully saturated rings. The first-order valence-electron chi connectivity index (χ1n) is 3.82. The fraction of sp³-hybridized carbons (Fsp3) is 1.00. The summed E-state index contributed by atoms with van der Waals surface area (Å²) in [6.07, 6.45) is 1.25. The summed E-state index contributed by atoms with van der Waals surface area (Å²) in [6, 6.07) is 0. The van der Waals surface area contributed by atoms with E-state index in [4.69, 9.17) is 9.94 Å². The van der Waals surface area contributed by atoms with Crippen LogP contribution in [-0.4, -0.2) is 36.6 Å². The van der Waals surface area contributed by atoms with Crippen LogP contribution in [0.2, 0.25) is 0 Å². The molecule has 0 amide bonds. The van der Waals surface area contributed by atoms with Crippen molar-refractivity contribution in [3.05, 3.63) is 0 Å². The maximum atomic E-state index is 8.66. The van der Waals surface area contributed by atoms with Crippen LogP contribution in [-0.2, 0) is 4.74 Å². The maximum absolute atomic E-state index is 8.66. The van der Waals surface area contributed by atoms with Crippen LogP contribution in [0.1, 0.15) is 20.3 Å². The summed E-state index contributed by atoms with van der Waals surface area (Å²) in [7, 11) is 0. The second-order valence-electron chi connectivity index (χ2n) is 2.27. The third-order valence-corrected chi connectivity index (χ3v) is 0.987. The summed E-state index contributed by atoms with van der Waals surface area (Å²) in [5, 5.41) is 9.93. The van der Waals surface area contributed by atoms with Crippen molar-refractivity contribution in [3.8, 4) is 0 Å². The van der Waals surface area contributed by atoms with Crippen LogP contribution >= 0.6 is 0 Å². The zero-order valence-electron chi connectivity index (χ0n) is 6.84. The van der Waals surface area contributed by atoms with E-state index in [0.717, 1.165) is 0 Å². The highest BCUT2D eigenvalue weighted by molar-refractivity contribution is 4.48. The molecule has 10 heavy (non-hydrogen) atoms. The van der Waals surface area contributed by atoms with Gasteiger partial charge in [0.25, 0.3) is 0 Å². The molecule has 1 saturated heterocycles. The molecule has 0 unspecified atom stereocenters. The number of nitrogens with zero attached hydrogens (tertiary/aromatic N) is 1. The molecule has 62 valence electrons. The Kier molecular flexibility index (Phi) is 6.91. The van der Waals surface area contributed by atoms with E-state index in [1.54, 1.807) is 0 Å². The largest absolute Gasteiger partial charge is 0.379 e. The van der Waals surface area contributed by atoms with Crippen LogP contribution in [0.25, 0.3) is 0 Å². The van der Waals surface area contributed by atoms with Crippen molar-refractivity contribution < 1.29 is 9.94 Å². The molecule has 0 radical (unpaired) electrons. The van der Waals surface area contributed by atoms with Gasteiger partial charge in [-0.1, -0.05) is 20.3 Å². The third-order valence-electron chi connectivity index (χ3n) is 0.987. The second-order valence-corrected chi connectivity index (χ2v) is 2.27. The predicted octanol–water partition coefficient (Wildman–Crippen LogP) is 1.12. The maximum Gasteiger partial charge on any atom is 0.0617 e. The van der Waals surface area contributed by atoms with Gasteiger partial charge in [0.1, 0.15) is 0 Å². The van der Waals surface area contributed by atoms with E-state index in [0.29, 0.717) is 26.3 Å². The van der Waals surface area contributed by atoms with Crippen LogP contribution in [0.15, 0.2) is 0 Å². The zero-order chi connectivity index (χ0) is 7.82. The zero-order valence-corrected chi connectivity index (χ0v) is 6.84. The first kappa shape index (κ1) is 9.88. The van der Waals surface area contributed by atoms with E-state index in [9.17, 15) is 0 Å². The van der Waals surface area contributed by atoms with Gasteiger partial charge in [-0.3, -0.25) is 0 Å². The highest BCUT2D eigenvalue weighted by Gasteiger charge is 2.04. The van der Waals surface area contributed by atoms with E-state index < -0.39 is 0 Å². The van der Waals surface area contributed by atoms with E-state index in [-0.39, 0.29) is 0 Å². The molecule has 1 heterocycles. The fourth-order valence-electron chi connectivity index (χ4n) is 0.554. The third kappa shape index (κ3) is 6.01. The molecule has 1 N–H and O–H groups in total. The molecule has 1 rings (SSSR count). The van der Waals surface area contributed by atoms with Crippen LogP contribution in [0, 0.1) is 0 Å². The molecule has 0 spiro atoms. The van der Waals surface area contributed by atoms with Crippen molar-refractivity contribution in [2.75, 3.05) is 26.3 Å². The molecule has 1 aliphatic rings. The van der Waals surface area contributed by atoms with E-state index in [1.807, 2.05) is 0 Å². The molecular weight excluding hydrogens is 130 g/mol. The number of morpholine rings is 1. The molecule has 1 aliphatic heterocycles. The number of hydrogen-bond acceptors (Lipinski definition) is 3. The molecule has 0 aliphatic carbocycles. The van der Waals surface area contributed by atoms with Crippen LogP contribution in [0.5, 0.6) is 0 Å². The summed E-state index contributed by atoms with van der Waals surface area (Å²) in [4.78, 5) is 0. The average Bonchev–Trinajstić information content (AvgIpc) is 1.91. The molecule has 0 atom stereocenters. The van der Waals surface area contributed by atoms with E-state index >= 15 is 0 Å². The Morgan fingerprint density at radius 2 is 1.70 bits per heavy atom. The quantitative estimate of drug-likeness (QED) is 0.557. The normalized spacial score (nSPS) is 19.5. The minimum atomic E-state index is 0.653. The molecule has 0 aromatic carbocycles. The minimum Gasteiger partial charge on any atom is -0.379 e. The van der Waals surface area contributed by atoms with Crippen molar-refractivity contribution in [3.63, 3.8) is 0 Å². The highest BCUT2D eigenvalue weighted by Crippen LogP contribution is 1.89. The molecule has 3 heteroatoms. The number of rotatable bonds is 0. The summed E-state index contributed by atoms with van der Waals surface area (Å²) in [5.74, 6) is 0. The lowest BCUT2D eigenvalue weighted by Crippen LogP contribution is -2.33. The van der Waals surface area contributed by atoms with E-state index in [1.165, 1.54) is 11.5 Å². The molecule has 3 nitrogen and oxygen atoms in total. The van der Waals surface area contributed by atoms with Crippen molar-refractivity contribution in [1.29, 1.82) is 0 Å². The Bertz CT molecular complexity index is 62.6. The van der Waals surface area contributed by atoms with Gasteiger partial charge in [0, 0.05) is 13.1 Å². The lowest BCUT2D eigenvalue weighted by atomic mass is 10.5. The smallest absolute Gasteiger partial charge is 0.0617 e.